The maximum atomic E-state index is 12.6. The van der Waals surface area contributed by atoms with Crippen LogP contribution in [-0.2, 0) is 4.79 Å². The molecule has 128 valence electrons. The molecule has 1 saturated heterocycles. The molecule has 2 aromatic rings. The van der Waals surface area contributed by atoms with Crippen LogP contribution >= 0.6 is 11.3 Å². The molecule has 0 bridgehead atoms. The molecule has 3 heterocycles. The van der Waals surface area contributed by atoms with E-state index in [0.717, 1.165) is 47.9 Å². The molecule has 0 saturated carbocycles. The topological polar surface area (TPSA) is 59.0 Å². The number of nitrogens with zero attached hydrogens (tertiary/aromatic N) is 4. The van der Waals surface area contributed by atoms with Crippen LogP contribution < -0.4 is 0 Å². The lowest BCUT2D eigenvalue weighted by molar-refractivity contribution is -0.140. The summed E-state index contributed by atoms with van der Waals surface area (Å²) in [6, 6.07) is 0. The SMILES string of the molecule is Cc1ncsc1-c1cncc(C2CCCN(C(=O)C(C)(C)C)C2)n1. The van der Waals surface area contributed by atoms with Crippen LogP contribution in [0.3, 0.4) is 0 Å². The van der Waals surface area contributed by atoms with Crippen molar-refractivity contribution in [3.63, 3.8) is 0 Å². The molecule has 1 amide bonds. The van der Waals surface area contributed by atoms with Crippen LogP contribution in [0, 0.1) is 12.3 Å². The predicted molar refractivity (Wildman–Crippen MR) is 95.9 cm³/mol. The zero-order valence-electron chi connectivity index (χ0n) is 14.7. The summed E-state index contributed by atoms with van der Waals surface area (Å²) in [5.41, 5.74) is 4.34. The van der Waals surface area contributed by atoms with Gasteiger partial charge in [0.2, 0.25) is 5.91 Å². The van der Waals surface area contributed by atoms with E-state index < -0.39 is 0 Å². The van der Waals surface area contributed by atoms with Crippen LogP contribution in [0.25, 0.3) is 10.6 Å². The normalized spacial score (nSPS) is 18.7. The minimum absolute atomic E-state index is 0.217. The number of aryl methyl sites for hydroxylation is 1. The van der Waals surface area contributed by atoms with E-state index in [1.165, 1.54) is 0 Å². The van der Waals surface area contributed by atoms with Gasteiger partial charge in [-0.3, -0.25) is 9.78 Å². The van der Waals surface area contributed by atoms with Gasteiger partial charge in [-0.2, -0.15) is 0 Å². The fourth-order valence-electron chi connectivity index (χ4n) is 3.11. The highest BCUT2D eigenvalue weighted by molar-refractivity contribution is 7.13. The molecule has 0 radical (unpaired) electrons. The lowest BCUT2D eigenvalue weighted by Gasteiger charge is -2.36. The maximum absolute atomic E-state index is 12.6. The van der Waals surface area contributed by atoms with Crippen molar-refractivity contribution < 1.29 is 4.79 Å². The zero-order chi connectivity index (χ0) is 17.3. The Labute approximate surface area is 147 Å². The molecule has 5 nitrogen and oxygen atoms in total. The quantitative estimate of drug-likeness (QED) is 0.834. The Morgan fingerprint density at radius 3 is 2.79 bits per heavy atom. The Hall–Kier alpha value is -1.82. The van der Waals surface area contributed by atoms with Crippen molar-refractivity contribution in [3.8, 4) is 10.6 Å². The fourth-order valence-corrected chi connectivity index (χ4v) is 3.87. The van der Waals surface area contributed by atoms with Gasteiger partial charge in [0.05, 0.1) is 28.0 Å². The zero-order valence-corrected chi connectivity index (χ0v) is 15.6. The van der Waals surface area contributed by atoms with E-state index in [-0.39, 0.29) is 17.2 Å². The molecule has 6 heteroatoms. The second kappa shape index (κ2) is 6.59. The van der Waals surface area contributed by atoms with E-state index in [1.807, 2.05) is 44.3 Å². The van der Waals surface area contributed by atoms with Crippen LogP contribution in [0.1, 0.15) is 50.9 Å². The van der Waals surface area contributed by atoms with Crippen LogP contribution in [0.4, 0.5) is 0 Å². The highest BCUT2D eigenvalue weighted by Gasteiger charge is 2.32. The highest BCUT2D eigenvalue weighted by Crippen LogP contribution is 2.31. The van der Waals surface area contributed by atoms with Crippen LogP contribution in [-0.4, -0.2) is 38.8 Å². The average Bonchev–Trinajstić information content (AvgIpc) is 2.99. The molecular weight excluding hydrogens is 320 g/mol. The lowest BCUT2D eigenvalue weighted by Crippen LogP contribution is -2.44. The van der Waals surface area contributed by atoms with Crippen molar-refractivity contribution in [2.24, 2.45) is 5.41 Å². The highest BCUT2D eigenvalue weighted by atomic mass is 32.1. The lowest BCUT2D eigenvalue weighted by atomic mass is 9.90. The summed E-state index contributed by atoms with van der Waals surface area (Å²) in [7, 11) is 0. The molecule has 1 fully saturated rings. The number of rotatable bonds is 2. The number of hydrogen-bond donors (Lipinski definition) is 0. The molecule has 2 aromatic heterocycles. The smallest absolute Gasteiger partial charge is 0.227 e. The third-order valence-corrected chi connectivity index (χ3v) is 5.35. The Balaban J connectivity index is 1.82. The van der Waals surface area contributed by atoms with Gasteiger partial charge in [0, 0.05) is 30.6 Å². The van der Waals surface area contributed by atoms with E-state index >= 15 is 0 Å². The van der Waals surface area contributed by atoms with Gasteiger partial charge >= 0.3 is 0 Å². The van der Waals surface area contributed by atoms with E-state index in [1.54, 1.807) is 17.5 Å². The van der Waals surface area contributed by atoms with Gasteiger partial charge in [0.1, 0.15) is 5.69 Å². The Bertz CT molecular complexity index is 735. The first-order valence-electron chi connectivity index (χ1n) is 8.38. The summed E-state index contributed by atoms with van der Waals surface area (Å²) in [5, 5.41) is 0. The molecule has 1 aliphatic rings. The summed E-state index contributed by atoms with van der Waals surface area (Å²) in [6.07, 6.45) is 5.70. The first-order valence-corrected chi connectivity index (χ1v) is 9.26. The minimum atomic E-state index is -0.338. The van der Waals surface area contributed by atoms with E-state index in [0.29, 0.717) is 0 Å². The largest absolute Gasteiger partial charge is 0.342 e. The Morgan fingerprint density at radius 2 is 2.12 bits per heavy atom. The van der Waals surface area contributed by atoms with Crippen molar-refractivity contribution in [2.45, 2.75) is 46.5 Å². The number of aromatic nitrogens is 3. The molecule has 1 aliphatic heterocycles. The van der Waals surface area contributed by atoms with Gasteiger partial charge in [-0.25, -0.2) is 9.97 Å². The van der Waals surface area contributed by atoms with Crippen molar-refractivity contribution in [3.05, 3.63) is 29.3 Å². The van der Waals surface area contributed by atoms with Gasteiger partial charge in [-0.15, -0.1) is 11.3 Å². The van der Waals surface area contributed by atoms with E-state index in [9.17, 15) is 4.79 Å². The second-order valence-electron chi connectivity index (χ2n) is 7.44. The molecule has 0 aliphatic carbocycles. The van der Waals surface area contributed by atoms with Crippen LogP contribution in [0.15, 0.2) is 17.9 Å². The number of hydrogen-bond acceptors (Lipinski definition) is 5. The Morgan fingerprint density at radius 1 is 1.33 bits per heavy atom. The standard InChI is InChI=1S/C18H24N4OS/c1-12-16(24-11-20-12)15-9-19-8-14(21-15)13-6-5-7-22(10-13)17(23)18(2,3)4/h8-9,11,13H,5-7,10H2,1-4H3. The minimum Gasteiger partial charge on any atom is -0.342 e. The maximum Gasteiger partial charge on any atom is 0.227 e. The van der Waals surface area contributed by atoms with Crippen LogP contribution in [0.5, 0.6) is 0 Å². The summed E-state index contributed by atoms with van der Waals surface area (Å²) in [5.74, 6) is 0.473. The molecular formula is C18H24N4OS. The van der Waals surface area contributed by atoms with Crippen molar-refractivity contribution in [1.82, 2.24) is 19.9 Å². The third-order valence-electron chi connectivity index (χ3n) is 4.40. The molecule has 0 N–H and O–H groups in total. The van der Waals surface area contributed by atoms with Gasteiger partial charge in [0.15, 0.2) is 0 Å². The first kappa shape index (κ1) is 17.0. The predicted octanol–water partition coefficient (Wildman–Crippen LogP) is 3.66. The molecule has 0 aromatic carbocycles. The van der Waals surface area contributed by atoms with Crippen molar-refractivity contribution in [2.75, 3.05) is 13.1 Å². The third kappa shape index (κ3) is 3.48. The van der Waals surface area contributed by atoms with E-state index in [4.69, 9.17) is 4.98 Å². The average molecular weight is 344 g/mol. The van der Waals surface area contributed by atoms with Gasteiger partial charge in [-0.1, -0.05) is 20.8 Å². The number of carbonyl (C=O) groups is 1. The number of carbonyl (C=O) groups excluding carboxylic acids is 1. The summed E-state index contributed by atoms with van der Waals surface area (Å²) >= 11 is 1.59. The number of piperidine rings is 1. The van der Waals surface area contributed by atoms with E-state index in [2.05, 4.69) is 9.97 Å². The molecule has 3 rings (SSSR count). The summed E-state index contributed by atoms with van der Waals surface area (Å²) in [4.78, 5) is 29.1. The van der Waals surface area contributed by atoms with Crippen molar-refractivity contribution >= 4 is 17.2 Å². The Kier molecular flexibility index (Phi) is 4.67. The number of amides is 1. The first-order chi connectivity index (χ1) is 11.4. The van der Waals surface area contributed by atoms with Crippen molar-refractivity contribution in [1.29, 1.82) is 0 Å². The van der Waals surface area contributed by atoms with Crippen LogP contribution in [0.2, 0.25) is 0 Å². The second-order valence-corrected chi connectivity index (χ2v) is 8.29. The molecule has 1 unspecified atom stereocenters. The fraction of sp³-hybridized carbons (Fsp3) is 0.556. The monoisotopic (exact) mass is 344 g/mol. The van der Waals surface area contributed by atoms with Gasteiger partial charge < -0.3 is 4.90 Å². The number of likely N-dealkylation sites (tertiary alicyclic amines) is 1. The molecule has 0 spiro atoms. The van der Waals surface area contributed by atoms with Gasteiger partial charge in [0.25, 0.3) is 0 Å². The van der Waals surface area contributed by atoms with Gasteiger partial charge in [-0.05, 0) is 19.8 Å². The number of thiazole rings is 1. The molecule has 24 heavy (non-hydrogen) atoms. The molecule has 1 atom stereocenters. The summed E-state index contributed by atoms with van der Waals surface area (Å²) in [6.45, 7) is 9.50. The summed E-state index contributed by atoms with van der Waals surface area (Å²) < 4.78 is 0.